The van der Waals surface area contributed by atoms with E-state index in [2.05, 4.69) is 54.9 Å². The average molecular weight is 318 g/mol. The fourth-order valence-electron chi connectivity index (χ4n) is 2.82. The maximum atomic E-state index is 4.55. The number of nitrogens with one attached hydrogen (secondary N) is 2. The zero-order valence-electron chi connectivity index (χ0n) is 13.6. The summed E-state index contributed by atoms with van der Waals surface area (Å²) < 4.78 is 2.07. The van der Waals surface area contributed by atoms with Crippen LogP contribution in [0.1, 0.15) is 17.1 Å². The van der Waals surface area contributed by atoms with E-state index < -0.39 is 0 Å². The molecule has 0 aliphatic rings. The summed E-state index contributed by atoms with van der Waals surface area (Å²) in [4.78, 5) is 16.2. The second-order valence-corrected chi connectivity index (χ2v) is 5.88. The van der Waals surface area contributed by atoms with Crippen LogP contribution in [0, 0.1) is 13.8 Å². The lowest BCUT2D eigenvalue weighted by Crippen LogP contribution is -2.01. The monoisotopic (exact) mass is 318 g/mol. The topological polar surface area (TPSA) is 70.9 Å². The number of H-pyrrole nitrogens is 1. The van der Waals surface area contributed by atoms with Crippen molar-refractivity contribution in [2.45, 2.75) is 20.4 Å². The Morgan fingerprint density at radius 3 is 2.88 bits per heavy atom. The van der Waals surface area contributed by atoms with E-state index in [1.165, 1.54) is 0 Å². The van der Waals surface area contributed by atoms with E-state index in [4.69, 9.17) is 0 Å². The molecule has 4 rings (SSSR count). The average Bonchev–Trinajstić information content (AvgIpc) is 3.22. The summed E-state index contributed by atoms with van der Waals surface area (Å²) in [7, 11) is 0. The zero-order valence-corrected chi connectivity index (χ0v) is 13.6. The highest BCUT2D eigenvalue weighted by Gasteiger charge is 2.07. The Hall–Kier alpha value is -3.15. The Labute approximate surface area is 139 Å². The molecule has 24 heavy (non-hydrogen) atoms. The van der Waals surface area contributed by atoms with Gasteiger partial charge in [0.2, 0.25) is 0 Å². The Morgan fingerprint density at radius 1 is 1.12 bits per heavy atom. The van der Waals surface area contributed by atoms with Gasteiger partial charge >= 0.3 is 0 Å². The van der Waals surface area contributed by atoms with Crippen molar-refractivity contribution in [3.05, 3.63) is 66.4 Å². The quantitative estimate of drug-likeness (QED) is 0.605. The Balaban J connectivity index is 1.65. The van der Waals surface area contributed by atoms with Crippen molar-refractivity contribution in [2.24, 2.45) is 0 Å². The minimum absolute atomic E-state index is 0.636. The maximum absolute atomic E-state index is 4.55. The predicted molar refractivity (Wildman–Crippen MR) is 93.8 cm³/mol. The maximum Gasteiger partial charge on any atom is 0.139 e. The summed E-state index contributed by atoms with van der Waals surface area (Å²) in [6.07, 6.45) is 11.4. The van der Waals surface area contributed by atoms with Crippen LogP contribution >= 0.6 is 0 Å². The number of hydrogen-bond donors (Lipinski definition) is 2. The number of aryl methyl sites for hydroxylation is 2. The molecule has 0 saturated heterocycles. The van der Waals surface area contributed by atoms with Gasteiger partial charge in [-0.3, -0.25) is 4.98 Å². The third kappa shape index (κ3) is 2.74. The third-order valence-corrected chi connectivity index (χ3v) is 3.94. The van der Waals surface area contributed by atoms with Crippen LogP contribution in [-0.4, -0.2) is 24.3 Å². The van der Waals surface area contributed by atoms with Gasteiger partial charge in [-0.1, -0.05) is 0 Å². The lowest BCUT2D eigenvalue weighted by atomic mass is 10.1. The van der Waals surface area contributed by atoms with Crippen LogP contribution in [-0.2, 0) is 6.54 Å². The van der Waals surface area contributed by atoms with E-state index in [1.807, 2.05) is 31.7 Å². The van der Waals surface area contributed by atoms with Gasteiger partial charge in [0.25, 0.3) is 0 Å². The van der Waals surface area contributed by atoms with Gasteiger partial charge in [-0.2, -0.15) is 0 Å². The van der Waals surface area contributed by atoms with Gasteiger partial charge in [0.05, 0.1) is 17.9 Å². The van der Waals surface area contributed by atoms with Crippen LogP contribution in [0.5, 0.6) is 0 Å². The molecule has 0 spiro atoms. The Morgan fingerprint density at radius 2 is 2.04 bits per heavy atom. The lowest BCUT2D eigenvalue weighted by Gasteiger charge is -2.08. The fourth-order valence-corrected chi connectivity index (χ4v) is 2.82. The molecule has 0 atom stereocenters. The fraction of sp³-hybridized carbons (Fsp3) is 0.167. The summed E-state index contributed by atoms with van der Waals surface area (Å²) in [6.45, 7) is 4.72. The third-order valence-electron chi connectivity index (χ3n) is 3.94. The summed E-state index contributed by atoms with van der Waals surface area (Å²) in [6, 6.07) is 4.25. The van der Waals surface area contributed by atoms with Crippen LogP contribution in [0.3, 0.4) is 0 Å². The van der Waals surface area contributed by atoms with Gasteiger partial charge in [0.1, 0.15) is 11.5 Å². The number of nitrogens with zero attached hydrogens (tertiary/aromatic N) is 4. The second-order valence-electron chi connectivity index (χ2n) is 5.88. The number of hydrogen-bond acceptors (Lipinski definition) is 4. The van der Waals surface area contributed by atoms with Gasteiger partial charge in [0.15, 0.2) is 0 Å². The first kappa shape index (κ1) is 14.4. The smallest absolute Gasteiger partial charge is 0.139 e. The zero-order chi connectivity index (χ0) is 16.5. The van der Waals surface area contributed by atoms with Gasteiger partial charge in [-0.15, -0.1) is 0 Å². The van der Waals surface area contributed by atoms with Crippen LogP contribution < -0.4 is 5.32 Å². The highest BCUT2D eigenvalue weighted by molar-refractivity contribution is 5.69. The van der Waals surface area contributed by atoms with Crippen LogP contribution in [0.25, 0.3) is 16.8 Å². The van der Waals surface area contributed by atoms with E-state index >= 15 is 0 Å². The molecule has 0 bridgehead atoms. The van der Waals surface area contributed by atoms with Crippen molar-refractivity contribution >= 4 is 11.3 Å². The van der Waals surface area contributed by atoms with E-state index in [9.17, 15) is 0 Å². The van der Waals surface area contributed by atoms with Crippen LogP contribution in [0.2, 0.25) is 0 Å². The molecule has 4 aromatic heterocycles. The minimum Gasteiger partial charge on any atom is -0.377 e. The minimum atomic E-state index is 0.636. The number of imidazole rings is 2. The molecule has 0 aliphatic heterocycles. The van der Waals surface area contributed by atoms with E-state index in [1.54, 1.807) is 6.20 Å². The number of rotatable bonds is 4. The molecular formula is C18H18N6. The molecular weight excluding hydrogens is 300 g/mol. The Bertz CT molecular complexity index is 984. The Kier molecular flexibility index (Phi) is 3.49. The second kappa shape index (κ2) is 5.81. The molecule has 0 radical (unpaired) electrons. The summed E-state index contributed by atoms with van der Waals surface area (Å²) in [5.74, 6) is 0.895. The molecule has 2 N–H and O–H groups in total. The SMILES string of the molecule is Cc1cn2cc(-c3cncc(NCc4ncc[nH]4)c3)cc(C)c2n1. The normalized spacial score (nSPS) is 11.1. The summed E-state index contributed by atoms with van der Waals surface area (Å²) in [5, 5.41) is 3.34. The summed E-state index contributed by atoms with van der Waals surface area (Å²) >= 11 is 0. The first-order valence-corrected chi connectivity index (χ1v) is 7.82. The van der Waals surface area contributed by atoms with Crippen molar-refractivity contribution in [1.82, 2.24) is 24.3 Å². The highest BCUT2D eigenvalue weighted by Crippen LogP contribution is 2.24. The summed E-state index contributed by atoms with van der Waals surface area (Å²) in [5.41, 5.74) is 6.30. The van der Waals surface area contributed by atoms with Crippen molar-refractivity contribution in [1.29, 1.82) is 0 Å². The van der Waals surface area contributed by atoms with Gasteiger partial charge in [-0.05, 0) is 31.5 Å². The molecule has 120 valence electrons. The highest BCUT2D eigenvalue weighted by atomic mass is 15.0. The number of fused-ring (bicyclic) bond motifs is 1. The van der Waals surface area contributed by atoms with Gasteiger partial charge < -0.3 is 14.7 Å². The molecule has 0 aliphatic carbocycles. The predicted octanol–water partition coefficient (Wildman–Crippen LogP) is 3.35. The number of aromatic amines is 1. The number of anilines is 1. The van der Waals surface area contributed by atoms with Gasteiger partial charge in [-0.25, -0.2) is 9.97 Å². The lowest BCUT2D eigenvalue weighted by molar-refractivity contribution is 0.998. The molecule has 4 heterocycles. The van der Waals surface area contributed by atoms with Crippen LogP contribution in [0.4, 0.5) is 5.69 Å². The van der Waals surface area contributed by atoms with Crippen molar-refractivity contribution < 1.29 is 0 Å². The van der Waals surface area contributed by atoms with E-state index in [0.717, 1.165) is 39.5 Å². The van der Waals surface area contributed by atoms with E-state index in [-0.39, 0.29) is 0 Å². The standard InChI is InChI=1S/C18H18N6/c1-12-5-15(11-24-10-13(2)23-18(12)24)14-6-16(8-19-7-14)22-9-17-20-3-4-21-17/h3-8,10-11,22H,9H2,1-2H3,(H,20,21). The molecule has 4 aromatic rings. The molecule has 0 aromatic carbocycles. The number of pyridine rings is 2. The molecule has 0 unspecified atom stereocenters. The van der Waals surface area contributed by atoms with Crippen molar-refractivity contribution in [3.63, 3.8) is 0 Å². The first-order valence-electron chi connectivity index (χ1n) is 7.82. The van der Waals surface area contributed by atoms with Gasteiger partial charge in [0, 0.05) is 48.3 Å². The molecule has 0 amide bonds. The largest absolute Gasteiger partial charge is 0.377 e. The van der Waals surface area contributed by atoms with Crippen LogP contribution in [0.15, 0.2) is 49.3 Å². The first-order chi connectivity index (χ1) is 11.7. The molecule has 0 fully saturated rings. The molecule has 0 saturated carbocycles. The number of aromatic nitrogens is 5. The van der Waals surface area contributed by atoms with Crippen molar-refractivity contribution in [3.8, 4) is 11.1 Å². The van der Waals surface area contributed by atoms with Crippen molar-refractivity contribution in [2.75, 3.05) is 5.32 Å². The van der Waals surface area contributed by atoms with E-state index in [0.29, 0.717) is 6.54 Å². The molecule has 6 heteroatoms. The molecule has 6 nitrogen and oxygen atoms in total.